The molecule has 0 nitrogen and oxygen atoms in total. The van der Waals surface area contributed by atoms with E-state index in [-0.39, 0.29) is 11.6 Å². The summed E-state index contributed by atoms with van der Waals surface area (Å²) in [7, 11) is 0. The summed E-state index contributed by atoms with van der Waals surface area (Å²) < 4.78 is 25.9. The maximum absolute atomic E-state index is 13.0. The number of aryl methyl sites for hydroxylation is 5. The Hall–Kier alpha value is -1.70. The van der Waals surface area contributed by atoms with E-state index in [1.165, 1.54) is 5.56 Å². The average Bonchev–Trinajstić information content (AvgIpc) is 2.47. The van der Waals surface area contributed by atoms with Gasteiger partial charge in [0, 0.05) is 0 Å². The largest absolute Gasteiger partial charge is 0.207 e. The van der Waals surface area contributed by atoms with Crippen LogP contribution < -0.4 is 0 Å². The number of hydrogen-bond acceptors (Lipinski definition) is 0. The lowest BCUT2D eigenvalue weighted by molar-refractivity contribution is 0.614. The molecule has 2 aromatic rings. The molecule has 0 spiro atoms. The van der Waals surface area contributed by atoms with Gasteiger partial charge in [-0.15, -0.1) is 0 Å². The van der Waals surface area contributed by atoms with E-state index in [1.807, 2.05) is 39.8 Å². The van der Waals surface area contributed by atoms with Gasteiger partial charge in [-0.1, -0.05) is 26.0 Å². The van der Waals surface area contributed by atoms with E-state index in [9.17, 15) is 8.78 Å². The summed E-state index contributed by atoms with van der Waals surface area (Å²) in [6.07, 6.45) is 1.89. The van der Waals surface area contributed by atoms with Crippen molar-refractivity contribution >= 4 is 0 Å². The maximum atomic E-state index is 13.0. The van der Waals surface area contributed by atoms with E-state index < -0.39 is 0 Å². The van der Waals surface area contributed by atoms with Crippen LogP contribution in [0.25, 0.3) is 0 Å². The molecule has 0 unspecified atom stereocenters. The molecule has 2 heteroatoms. The summed E-state index contributed by atoms with van der Waals surface area (Å²) in [4.78, 5) is 0. The van der Waals surface area contributed by atoms with E-state index in [1.54, 1.807) is 19.1 Å². The van der Waals surface area contributed by atoms with Crippen LogP contribution in [0, 0.1) is 39.3 Å². The second kappa shape index (κ2) is 8.07. The van der Waals surface area contributed by atoms with E-state index in [2.05, 4.69) is 6.92 Å². The Labute approximate surface area is 133 Å². The zero-order valence-electron chi connectivity index (χ0n) is 14.5. The first kappa shape index (κ1) is 18.3. The van der Waals surface area contributed by atoms with Crippen LogP contribution in [0.5, 0.6) is 0 Å². The molecule has 22 heavy (non-hydrogen) atoms. The van der Waals surface area contributed by atoms with E-state index in [0.29, 0.717) is 0 Å². The molecule has 0 amide bonds. The van der Waals surface area contributed by atoms with Gasteiger partial charge in [0.25, 0.3) is 0 Å². The minimum Gasteiger partial charge on any atom is -0.207 e. The Morgan fingerprint density at radius 3 is 1.82 bits per heavy atom. The van der Waals surface area contributed by atoms with Gasteiger partial charge in [-0.25, -0.2) is 8.78 Å². The fourth-order valence-electron chi connectivity index (χ4n) is 2.48. The predicted molar refractivity (Wildman–Crippen MR) is 90.5 cm³/mol. The zero-order chi connectivity index (χ0) is 16.9. The summed E-state index contributed by atoms with van der Waals surface area (Å²) in [5.74, 6) is -0.179. The van der Waals surface area contributed by atoms with Crippen LogP contribution >= 0.6 is 0 Å². The minimum absolute atomic E-state index is 0.0816. The van der Waals surface area contributed by atoms with Crippen LogP contribution in [-0.2, 0) is 12.8 Å². The highest BCUT2D eigenvalue weighted by Gasteiger charge is 2.02. The van der Waals surface area contributed by atoms with Crippen molar-refractivity contribution in [2.75, 3.05) is 0 Å². The van der Waals surface area contributed by atoms with Gasteiger partial charge in [0.15, 0.2) is 0 Å². The average molecular weight is 304 g/mol. The van der Waals surface area contributed by atoms with Crippen molar-refractivity contribution in [2.45, 2.75) is 54.4 Å². The van der Waals surface area contributed by atoms with Crippen LogP contribution in [0.3, 0.4) is 0 Å². The fourth-order valence-corrected chi connectivity index (χ4v) is 2.48. The van der Waals surface area contributed by atoms with Crippen molar-refractivity contribution in [2.24, 2.45) is 0 Å². The van der Waals surface area contributed by atoms with Gasteiger partial charge in [0.2, 0.25) is 0 Å². The van der Waals surface area contributed by atoms with Crippen molar-refractivity contribution in [3.8, 4) is 0 Å². The van der Waals surface area contributed by atoms with Crippen LogP contribution in [0.1, 0.15) is 47.2 Å². The van der Waals surface area contributed by atoms with Gasteiger partial charge in [-0.3, -0.25) is 0 Å². The minimum atomic E-state index is -0.0975. The first-order valence-corrected chi connectivity index (χ1v) is 7.81. The molecule has 0 heterocycles. The van der Waals surface area contributed by atoms with Crippen LogP contribution in [0.2, 0.25) is 0 Å². The normalized spacial score (nSPS) is 10.2. The summed E-state index contributed by atoms with van der Waals surface area (Å²) in [5.41, 5.74) is 5.94. The monoisotopic (exact) mass is 304 g/mol. The third-order valence-electron chi connectivity index (χ3n) is 3.98. The third kappa shape index (κ3) is 4.66. The lowest BCUT2D eigenvalue weighted by Gasteiger charge is -2.04. The number of hydrogen-bond donors (Lipinski definition) is 0. The van der Waals surface area contributed by atoms with Gasteiger partial charge < -0.3 is 0 Å². The molecule has 0 bridgehead atoms. The fraction of sp³-hybridized carbons (Fsp3) is 0.400. The van der Waals surface area contributed by atoms with Gasteiger partial charge >= 0.3 is 0 Å². The lowest BCUT2D eigenvalue weighted by Crippen LogP contribution is -1.92. The summed E-state index contributed by atoms with van der Waals surface area (Å²) >= 11 is 0. The Bertz CT molecular complexity index is 643. The molecular weight excluding hydrogens is 278 g/mol. The van der Waals surface area contributed by atoms with Crippen molar-refractivity contribution in [3.63, 3.8) is 0 Å². The van der Waals surface area contributed by atoms with Crippen molar-refractivity contribution in [3.05, 3.63) is 69.3 Å². The molecule has 0 aliphatic heterocycles. The predicted octanol–water partition coefficient (Wildman–Crippen LogP) is 6.01. The molecule has 2 aromatic carbocycles. The lowest BCUT2D eigenvalue weighted by atomic mass is 10.0. The molecule has 0 fully saturated rings. The van der Waals surface area contributed by atoms with Crippen LogP contribution in [0.15, 0.2) is 24.3 Å². The highest BCUT2D eigenvalue weighted by Crippen LogP contribution is 2.15. The highest BCUT2D eigenvalue weighted by molar-refractivity contribution is 5.32. The van der Waals surface area contributed by atoms with Gasteiger partial charge in [0.05, 0.1) is 0 Å². The number of rotatable bonds is 2. The first-order valence-electron chi connectivity index (χ1n) is 7.81. The molecule has 0 atom stereocenters. The van der Waals surface area contributed by atoms with E-state index in [4.69, 9.17) is 0 Å². The van der Waals surface area contributed by atoms with E-state index in [0.717, 1.165) is 40.7 Å². The Morgan fingerprint density at radius 1 is 0.682 bits per heavy atom. The Kier molecular flexibility index (Phi) is 6.73. The second-order valence-corrected chi connectivity index (χ2v) is 5.77. The molecule has 120 valence electrons. The SMILES string of the molecule is CCc1cc(C)c(F)cc1C.CCc1cc(C)cc(F)c1C. The Morgan fingerprint density at radius 2 is 1.27 bits per heavy atom. The molecule has 0 saturated heterocycles. The van der Waals surface area contributed by atoms with Crippen molar-refractivity contribution in [1.29, 1.82) is 0 Å². The van der Waals surface area contributed by atoms with Crippen LogP contribution in [-0.4, -0.2) is 0 Å². The third-order valence-corrected chi connectivity index (χ3v) is 3.98. The van der Waals surface area contributed by atoms with Gasteiger partial charge in [-0.05, 0) is 86.1 Å². The molecule has 0 radical (unpaired) electrons. The maximum Gasteiger partial charge on any atom is 0.126 e. The molecule has 0 N–H and O–H groups in total. The first-order chi connectivity index (χ1) is 10.3. The Balaban J connectivity index is 0.000000220. The highest BCUT2D eigenvalue weighted by atomic mass is 19.1. The molecule has 0 saturated carbocycles. The smallest absolute Gasteiger partial charge is 0.126 e. The van der Waals surface area contributed by atoms with Crippen molar-refractivity contribution < 1.29 is 8.78 Å². The molecule has 0 aliphatic rings. The molecule has 0 aliphatic carbocycles. The quantitative estimate of drug-likeness (QED) is 0.637. The molecule has 2 rings (SSSR count). The zero-order valence-corrected chi connectivity index (χ0v) is 14.5. The van der Waals surface area contributed by atoms with Crippen LogP contribution in [0.4, 0.5) is 8.78 Å². The van der Waals surface area contributed by atoms with E-state index >= 15 is 0 Å². The van der Waals surface area contributed by atoms with Gasteiger partial charge in [-0.2, -0.15) is 0 Å². The van der Waals surface area contributed by atoms with Crippen molar-refractivity contribution in [1.82, 2.24) is 0 Å². The number of benzene rings is 2. The topological polar surface area (TPSA) is 0 Å². The second-order valence-electron chi connectivity index (χ2n) is 5.77. The molecule has 0 aromatic heterocycles. The summed E-state index contributed by atoms with van der Waals surface area (Å²) in [5, 5.41) is 0. The summed E-state index contributed by atoms with van der Waals surface area (Å²) in [6, 6.07) is 7.14. The standard InChI is InChI=1S/2C10H13F/c1-4-9-5-8(3)10(11)6-7(9)2;1-4-9-5-7(2)6-10(11)8(9)3/h2*5-6H,4H2,1-3H3. The molecular formula is C20H26F2. The summed E-state index contributed by atoms with van der Waals surface area (Å²) in [6.45, 7) is 11.6. The van der Waals surface area contributed by atoms with Gasteiger partial charge in [0.1, 0.15) is 11.6 Å². The number of halogens is 2.